The molecule has 0 atom stereocenters. The van der Waals surface area contributed by atoms with Crippen molar-refractivity contribution in [3.8, 4) is 6.07 Å². The number of hydrogen-bond donors (Lipinski definition) is 0. The number of pyridine rings is 1. The lowest BCUT2D eigenvalue weighted by Gasteiger charge is -2.37. The molecule has 2 fully saturated rings. The molecule has 4 aromatic rings. The average Bonchev–Trinajstić information content (AvgIpc) is 3.56. The van der Waals surface area contributed by atoms with Crippen LogP contribution < -0.4 is 0 Å². The van der Waals surface area contributed by atoms with Crippen molar-refractivity contribution >= 4 is 40.2 Å². The molecule has 3 aromatic heterocycles. The first-order valence-corrected chi connectivity index (χ1v) is 19.8. The molecule has 40 heavy (non-hydrogen) atoms. The van der Waals surface area contributed by atoms with Gasteiger partial charge in [0.15, 0.2) is 5.65 Å². The molecule has 210 valence electrons. The number of aromatic nitrogens is 4. The summed E-state index contributed by atoms with van der Waals surface area (Å²) < 4.78 is 30.9. The quantitative estimate of drug-likeness (QED) is 0.221. The fraction of sp³-hybridized carbons (Fsp3) is 0.516. The molecule has 0 spiro atoms. The van der Waals surface area contributed by atoms with Crippen molar-refractivity contribution in [3.63, 3.8) is 0 Å². The number of imidazole rings is 1. The highest BCUT2D eigenvalue weighted by Gasteiger charge is 2.35. The van der Waals surface area contributed by atoms with Crippen molar-refractivity contribution in [2.75, 3.05) is 0 Å². The van der Waals surface area contributed by atoms with Crippen molar-refractivity contribution in [3.05, 3.63) is 54.6 Å². The van der Waals surface area contributed by atoms with E-state index in [1.165, 1.54) is 16.8 Å². The third-order valence-corrected chi connectivity index (χ3v) is 14.2. The van der Waals surface area contributed by atoms with Gasteiger partial charge in [-0.1, -0.05) is 50.7 Å². The summed E-state index contributed by atoms with van der Waals surface area (Å²) in [6, 6.07) is 13.1. The van der Waals surface area contributed by atoms with E-state index in [0.29, 0.717) is 29.9 Å². The molecule has 2 aliphatic rings. The van der Waals surface area contributed by atoms with Crippen LogP contribution >= 0.6 is 0 Å². The standard InChI is InChI=1S/C31H39N5O2SSi/c1-40(2,3)26-15-11-23(12-16-26)30-34-28-21-33-31-27(18-20-35(31)39(37,38)25-7-5-4-6-8-25)29(28)36(30)24-13-9-22(10-14-24)17-19-32/h4-8,18,20-24,26H,9-17H2,1-3H3. The van der Waals surface area contributed by atoms with Gasteiger partial charge in [0.2, 0.25) is 0 Å². The van der Waals surface area contributed by atoms with Crippen LogP contribution in [0.3, 0.4) is 0 Å². The predicted molar refractivity (Wildman–Crippen MR) is 162 cm³/mol. The Bertz CT molecular complexity index is 1660. The Hall–Kier alpha value is -2.96. The zero-order valence-electron chi connectivity index (χ0n) is 23.8. The Balaban J connectivity index is 1.46. The molecule has 0 amide bonds. The van der Waals surface area contributed by atoms with E-state index in [0.717, 1.165) is 66.3 Å². The second-order valence-electron chi connectivity index (χ2n) is 13.0. The predicted octanol–water partition coefficient (Wildman–Crippen LogP) is 7.63. The van der Waals surface area contributed by atoms with E-state index in [1.807, 2.05) is 12.1 Å². The van der Waals surface area contributed by atoms with Crippen LogP contribution in [0.25, 0.3) is 22.1 Å². The highest BCUT2D eigenvalue weighted by atomic mass is 32.2. The molecule has 2 aliphatic carbocycles. The molecule has 1 aromatic carbocycles. The van der Waals surface area contributed by atoms with Crippen molar-refractivity contribution in [1.29, 1.82) is 5.26 Å². The molecule has 0 saturated heterocycles. The lowest BCUT2D eigenvalue weighted by Crippen LogP contribution is -2.31. The summed E-state index contributed by atoms with van der Waals surface area (Å²) in [7, 11) is -4.96. The Morgan fingerprint density at radius 3 is 2.33 bits per heavy atom. The molecule has 0 aliphatic heterocycles. The van der Waals surface area contributed by atoms with Gasteiger partial charge >= 0.3 is 0 Å². The van der Waals surface area contributed by atoms with E-state index < -0.39 is 18.1 Å². The van der Waals surface area contributed by atoms with E-state index in [2.05, 4.69) is 35.3 Å². The van der Waals surface area contributed by atoms with Crippen LogP contribution in [0, 0.1) is 17.2 Å². The van der Waals surface area contributed by atoms with E-state index >= 15 is 0 Å². The van der Waals surface area contributed by atoms with Gasteiger partial charge in [-0.25, -0.2) is 22.4 Å². The van der Waals surface area contributed by atoms with Gasteiger partial charge in [-0.15, -0.1) is 0 Å². The number of hydrogen-bond acceptors (Lipinski definition) is 5. The third kappa shape index (κ3) is 4.79. The van der Waals surface area contributed by atoms with E-state index in [-0.39, 0.29) is 4.90 Å². The number of rotatable bonds is 6. The molecular weight excluding hydrogens is 535 g/mol. The van der Waals surface area contributed by atoms with Crippen LogP contribution in [0.4, 0.5) is 0 Å². The summed E-state index contributed by atoms with van der Waals surface area (Å²) >= 11 is 0. The van der Waals surface area contributed by atoms with Gasteiger partial charge in [0.1, 0.15) is 11.3 Å². The largest absolute Gasteiger partial charge is 0.324 e. The molecule has 9 heteroatoms. The maximum atomic E-state index is 13.6. The first-order valence-electron chi connectivity index (χ1n) is 14.7. The second kappa shape index (κ2) is 10.5. The summed E-state index contributed by atoms with van der Waals surface area (Å²) in [4.78, 5) is 10.1. The third-order valence-electron chi connectivity index (χ3n) is 9.53. The summed E-state index contributed by atoms with van der Waals surface area (Å²) in [6.45, 7) is 7.47. The Morgan fingerprint density at radius 2 is 1.68 bits per heavy atom. The van der Waals surface area contributed by atoms with Crippen LogP contribution in [0.1, 0.15) is 75.6 Å². The summed E-state index contributed by atoms with van der Waals surface area (Å²) in [5.41, 5.74) is 3.17. The molecule has 0 bridgehead atoms. The highest BCUT2D eigenvalue weighted by Crippen LogP contribution is 2.46. The molecule has 0 unspecified atom stereocenters. The van der Waals surface area contributed by atoms with Crippen LogP contribution in [0.2, 0.25) is 25.2 Å². The summed E-state index contributed by atoms with van der Waals surface area (Å²) in [6.07, 6.45) is 13.0. The second-order valence-corrected chi connectivity index (χ2v) is 20.3. The first kappa shape index (κ1) is 27.2. The summed E-state index contributed by atoms with van der Waals surface area (Å²) in [5, 5.41) is 10.1. The maximum absolute atomic E-state index is 13.6. The first-order chi connectivity index (χ1) is 19.2. The fourth-order valence-electron chi connectivity index (χ4n) is 7.18. The molecular formula is C31H39N5O2SSi. The lowest BCUT2D eigenvalue weighted by atomic mass is 9.83. The molecule has 3 heterocycles. The van der Waals surface area contributed by atoms with Crippen molar-refractivity contribution in [1.82, 2.24) is 18.5 Å². The normalized spacial score (nSPS) is 24.4. The molecule has 0 N–H and O–H groups in total. The minimum atomic E-state index is -3.78. The van der Waals surface area contributed by atoms with Gasteiger partial charge in [0.05, 0.1) is 22.7 Å². The van der Waals surface area contributed by atoms with Crippen LogP contribution in [0.5, 0.6) is 0 Å². The number of fused-ring (bicyclic) bond motifs is 3. The maximum Gasteiger partial charge on any atom is 0.269 e. The van der Waals surface area contributed by atoms with Crippen LogP contribution in [-0.2, 0) is 10.0 Å². The minimum absolute atomic E-state index is 0.249. The molecule has 2 saturated carbocycles. The van der Waals surface area contributed by atoms with Crippen molar-refractivity contribution < 1.29 is 8.42 Å². The van der Waals surface area contributed by atoms with Crippen molar-refractivity contribution in [2.45, 2.75) is 99.8 Å². The molecule has 0 radical (unpaired) electrons. The average molecular weight is 574 g/mol. The van der Waals surface area contributed by atoms with Gasteiger partial charge in [0, 0.05) is 38.0 Å². The fourth-order valence-corrected chi connectivity index (χ4v) is 10.6. The number of nitrogens with zero attached hydrogens (tertiary/aromatic N) is 5. The Kier molecular flexibility index (Phi) is 7.12. The smallest absolute Gasteiger partial charge is 0.269 e. The zero-order chi connectivity index (χ0) is 28.1. The SMILES string of the molecule is C[Si](C)(C)C1CCC(c2nc3cnc4c(ccn4S(=O)(=O)c4ccccc4)c3n2C2CCC(CC#N)CC2)CC1. The van der Waals surface area contributed by atoms with Gasteiger partial charge in [0.25, 0.3) is 10.0 Å². The van der Waals surface area contributed by atoms with E-state index in [9.17, 15) is 13.7 Å². The zero-order valence-corrected chi connectivity index (χ0v) is 25.6. The van der Waals surface area contributed by atoms with E-state index in [1.54, 1.807) is 36.7 Å². The molecule has 7 nitrogen and oxygen atoms in total. The van der Waals surface area contributed by atoms with Gasteiger partial charge in [-0.2, -0.15) is 5.26 Å². The monoisotopic (exact) mass is 573 g/mol. The Morgan fingerprint density at radius 1 is 0.975 bits per heavy atom. The van der Waals surface area contributed by atoms with Gasteiger partial charge in [-0.3, -0.25) is 0 Å². The van der Waals surface area contributed by atoms with Crippen molar-refractivity contribution in [2.24, 2.45) is 5.92 Å². The van der Waals surface area contributed by atoms with Crippen LogP contribution in [0.15, 0.2) is 53.7 Å². The van der Waals surface area contributed by atoms with Gasteiger partial charge in [-0.05, 0) is 68.2 Å². The summed E-state index contributed by atoms with van der Waals surface area (Å²) in [5.74, 6) is 2.02. The number of nitriles is 1. The lowest BCUT2D eigenvalue weighted by molar-refractivity contribution is 0.271. The minimum Gasteiger partial charge on any atom is -0.324 e. The molecule has 6 rings (SSSR count). The van der Waals surface area contributed by atoms with Gasteiger partial charge < -0.3 is 4.57 Å². The van der Waals surface area contributed by atoms with Crippen LogP contribution in [-0.4, -0.2) is 35.0 Å². The highest BCUT2D eigenvalue weighted by molar-refractivity contribution is 7.90. The topological polar surface area (TPSA) is 93.6 Å². The Labute approximate surface area is 238 Å². The van der Waals surface area contributed by atoms with E-state index in [4.69, 9.17) is 4.98 Å². The number of benzene rings is 1.